The van der Waals surface area contributed by atoms with Gasteiger partial charge in [0.25, 0.3) is 0 Å². The van der Waals surface area contributed by atoms with Crippen LogP contribution in [0.3, 0.4) is 0 Å². The van der Waals surface area contributed by atoms with Crippen molar-refractivity contribution in [1.29, 1.82) is 0 Å². The van der Waals surface area contributed by atoms with Gasteiger partial charge in [-0.15, -0.1) is 0 Å². The number of methoxy groups -OCH3 is 1. The third kappa shape index (κ3) is 3.34. The van der Waals surface area contributed by atoms with Gasteiger partial charge >= 0.3 is 0 Å². The highest BCUT2D eigenvalue weighted by molar-refractivity contribution is 5.85. The number of carbonyl (C=O) groups is 1. The number of hydrogen-bond donors (Lipinski definition) is 1. The van der Waals surface area contributed by atoms with Gasteiger partial charge in [-0.05, 0) is 35.6 Å². The van der Waals surface area contributed by atoms with Crippen LogP contribution >= 0.6 is 0 Å². The number of benzene rings is 2. The van der Waals surface area contributed by atoms with Crippen molar-refractivity contribution in [2.24, 2.45) is 11.0 Å². The highest BCUT2D eigenvalue weighted by atomic mass is 16.5. The molecule has 0 radical (unpaired) electrons. The summed E-state index contributed by atoms with van der Waals surface area (Å²) in [5, 5.41) is 4.03. The van der Waals surface area contributed by atoms with Crippen LogP contribution in [0, 0.1) is 5.92 Å². The fraction of sp³-hybridized carbons (Fsp3) is 0.222. The molecule has 1 amide bonds. The standard InChI is InChI=1S/C18H18N2O2/c1-22-15-9-5-6-13(10-15)12-19-20-18(21)17-11-16(17)14-7-3-2-4-8-14/h2-10,12,16-17H,11H2,1H3,(H,20,21)/b19-12+. The van der Waals surface area contributed by atoms with Crippen LogP contribution in [0.5, 0.6) is 5.75 Å². The Hall–Kier alpha value is -2.62. The van der Waals surface area contributed by atoms with Crippen LogP contribution in [0.2, 0.25) is 0 Å². The van der Waals surface area contributed by atoms with Crippen molar-refractivity contribution in [1.82, 2.24) is 5.43 Å². The van der Waals surface area contributed by atoms with Gasteiger partial charge in [-0.3, -0.25) is 4.79 Å². The van der Waals surface area contributed by atoms with Gasteiger partial charge in [-0.2, -0.15) is 5.10 Å². The second-order valence-electron chi connectivity index (χ2n) is 5.37. The topological polar surface area (TPSA) is 50.7 Å². The number of amides is 1. The van der Waals surface area contributed by atoms with Gasteiger partial charge in [0.15, 0.2) is 0 Å². The third-order valence-electron chi connectivity index (χ3n) is 3.84. The van der Waals surface area contributed by atoms with Crippen molar-refractivity contribution < 1.29 is 9.53 Å². The third-order valence-corrected chi connectivity index (χ3v) is 3.84. The van der Waals surface area contributed by atoms with Gasteiger partial charge in [-0.1, -0.05) is 42.5 Å². The Kier molecular flexibility index (Phi) is 4.19. The number of hydrogen-bond acceptors (Lipinski definition) is 3. The average molecular weight is 294 g/mol. The first-order valence-electron chi connectivity index (χ1n) is 7.30. The van der Waals surface area contributed by atoms with E-state index in [0.29, 0.717) is 5.92 Å². The van der Waals surface area contributed by atoms with E-state index in [4.69, 9.17) is 4.74 Å². The molecule has 112 valence electrons. The largest absolute Gasteiger partial charge is 0.497 e. The van der Waals surface area contributed by atoms with Crippen LogP contribution < -0.4 is 10.2 Å². The summed E-state index contributed by atoms with van der Waals surface area (Å²) in [5.74, 6) is 1.10. The van der Waals surface area contributed by atoms with Crippen molar-refractivity contribution in [2.75, 3.05) is 7.11 Å². The number of nitrogens with one attached hydrogen (secondary N) is 1. The number of nitrogens with zero attached hydrogens (tertiary/aromatic N) is 1. The monoisotopic (exact) mass is 294 g/mol. The lowest BCUT2D eigenvalue weighted by Crippen LogP contribution is -2.20. The first-order chi connectivity index (χ1) is 10.8. The maximum Gasteiger partial charge on any atom is 0.243 e. The smallest absolute Gasteiger partial charge is 0.243 e. The molecule has 22 heavy (non-hydrogen) atoms. The Morgan fingerprint density at radius 2 is 2.05 bits per heavy atom. The molecule has 1 aliphatic carbocycles. The average Bonchev–Trinajstić information content (AvgIpc) is 3.36. The molecule has 2 unspecified atom stereocenters. The molecule has 2 atom stereocenters. The van der Waals surface area contributed by atoms with Gasteiger partial charge in [0, 0.05) is 5.92 Å². The Morgan fingerprint density at radius 3 is 2.82 bits per heavy atom. The first-order valence-corrected chi connectivity index (χ1v) is 7.30. The molecule has 0 heterocycles. The highest BCUT2D eigenvalue weighted by Crippen LogP contribution is 2.47. The maximum absolute atomic E-state index is 12.1. The van der Waals surface area contributed by atoms with Crippen LogP contribution in [0.1, 0.15) is 23.5 Å². The second-order valence-corrected chi connectivity index (χ2v) is 5.37. The molecule has 4 nitrogen and oxygen atoms in total. The lowest BCUT2D eigenvalue weighted by molar-refractivity contribution is -0.122. The first kappa shape index (κ1) is 14.3. The molecular weight excluding hydrogens is 276 g/mol. The Labute approximate surface area is 129 Å². The molecule has 2 aromatic carbocycles. The molecule has 0 bridgehead atoms. The van der Waals surface area contributed by atoms with E-state index >= 15 is 0 Å². The summed E-state index contributed by atoms with van der Waals surface area (Å²) in [5.41, 5.74) is 4.73. The van der Waals surface area contributed by atoms with Gasteiger partial charge in [0.05, 0.1) is 13.3 Å². The van der Waals surface area contributed by atoms with E-state index in [1.165, 1.54) is 5.56 Å². The van der Waals surface area contributed by atoms with E-state index in [-0.39, 0.29) is 11.8 Å². The molecule has 0 saturated heterocycles. The lowest BCUT2D eigenvalue weighted by Gasteiger charge is -2.01. The molecule has 2 aromatic rings. The zero-order chi connectivity index (χ0) is 15.4. The second kappa shape index (κ2) is 6.43. The predicted octanol–water partition coefficient (Wildman–Crippen LogP) is 2.95. The lowest BCUT2D eigenvalue weighted by atomic mass is 10.1. The zero-order valence-corrected chi connectivity index (χ0v) is 12.4. The fourth-order valence-corrected chi connectivity index (χ4v) is 2.53. The summed E-state index contributed by atoms with van der Waals surface area (Å²) in [6, 6.07) is 17.6. The van der Waals surface area contributed by atoms with Crippen molar-refractivity contribution in [3.63, 3.8) is 0 Å². The van der Waals surface area contributed by atoms with Gasteiger partial charge < -0.3 is 4.74 Å². The fourth-order valence-electron chi connectivity index (χ4n) is 2.53. The van der Waals surface area contributed by atoms with E-state index in [9.17, 15) is 4.79 Å². The summed E-state index contributed by atoms with van der Waals surface area (Å²) < 4.78 is 5.14. The Balaban J connectivity index is 1.54. The number of carbonyl (C=O) groups excluding carboxylic acids is 1. The quantitative estimate of drug-likeness (QED) is 0.681. The van der Waals surface area contributed by atoms with Gasteiger partial charge in [0.2, 0.25) is 5.91 Å². The summed E-state index contributed by atoms with van der Waals surface area (Å²) in [4.78, 5) is 12.1. The molecule has 1 N–H and O–H groups in total. The van der Waals surface area contributed by atoms with Crippen molar-refractivity contribution >= 4 is 12.1 Å². The minimum atomic E-state index is -0.0204. The normalized spacial score (nSPS) is 19.9. The highest BCUT2D eigenvalue weighted by Gasteiger charge is 2.43. The number of rotatable bonds is 5. The van der Waals surface area contributed by atoms with E-state index in [2.05, 4.69) is 22.7 Å². The van der Waals surface area contributed by atoms with Gasteiger partial charge in [-0.25, -0.2) is 5.43 Å². The van der Waals surface area contributed by atoms with Crippen LogP contribution in [-0.4, -0.2) is 19.2 Å². The van der Waals surface area contributed by atoms with Crippen LogP contribution in [0.15, 0.2) is 59.7 Å². The van der Waals surface area contributed by atoms with Crippen LogP contribution in [0.25, 0.3) is 0 Å². The number of hydrazone groups is 1. The molecule has 1 aliphatic rings. The molecule has 3 rings (SSSR count). The van der Waals surface area contributed by atoms with Crippen molar-refractivity contribution in [2.45, 2.75) is 12.3 Å². The van der Waals surface area contributed by atoms with E-state index < -0.39 is 0 Å². The molecule has 1 fully saturated rings. The molecular formula is C18H18N2O2. The number of ether oxygens (including phenoxy) is 1. The summed E-state index contributed by atoms with van der Waals surface area (Å²) >= 11 is 0. The minimum Gasteiger partial charge on any atom is -0.497 e. The van der Waals surface area contributed by atoms with Gasteiger partial charge in [0.1, 0.15) is 5.75 Å². The summed E-state index contributed by atoms with van der Waals surface area (Å²) in [6.07, 6.45) is 2.52. The molecule has 1 saturated carbocycles. The predicted molar refractivity (Wildman–Crippen MR) is 86.0 cm³/mol. The molecule has 4 heteroatoms. The Bertz CT molecular complexity index is 682. The van der Waals surface area contributed by atoms with Crippen LogP contribution in [-0.2, 0) is 4.79 Å². The SMILES string of the molecule is COc1cccc(/C=N/NC(=O)C2CC2c2ccccc2)c1. The van der Waals surface area contributed by atoms with Crippen LogP contribution in [0.4, 0.5) is 0 Å². The summed E-state index contributed by atoms with van der Waals surface area (Å²) in [6.45, 7) is 0. The Morgan fingerprint density at radius 1 is 1.23 bits per heavy atom. The molecule has 0 spiro atoms. The van der Waals surface area contributed by atoms with Crippen molar-refractivity contribution in [3.05, 3.63) is 65.7 Å². The molecule has 0 aromatic heterocycles. The van der Waals surface area contributed by atoms with Crippen molar-refractivity contribution in [3.8, 4) is 5.75 Å². The van der Waals surface area contributed by atoms with E-state index in [0.717, 1.165) is 17.7 Å². The summed E-state index contributed by atoms with van der Waals surface area (Å²) in [7, 11) is 1.62. The maximum atomic E-state index is 12.1. The van der Waals surface area contributed by atoms with E-state index in [1.54, 1.807) is 13.3 Å². The molecule has 0 aliphatic heterocycles. The van der Waals surface area contributed by atoms with E-state index in [1.807, 2.05) is 42.5 Å². The minimum absolute atomic E-state index is 0.0204. The zero-order valence-electron chi connectivity index (χ0n) is 12.4.